The van der Waals surface area contributed by atoms with E-state index in [0.29, 0.717) is 22.6 Å². The molecule has 0 aromatic heterocycles. The Labute approximate surface area is 150 Å². The van der Waals surface area contributed by atoms with Gasteiger partial charge in [-0.25, -0.2) is 9.69 Å². The van der Waals surface area contributed by atoms with Crippen molar-refractivity contribution in [1.82, 2.24) is 0 Å². The molecule has 0 radical (unpaired) electrons. The SMILES string of the molecule is COC(=O)c1ccc(C=C2CC(=O)N(c3cccc(OC)c3)C2=O)cc1. The molecule has 0 saturated carbocycles. The fourth-order valence-electron chi connectivity index (χ4n) is 2.73. The van der Waals surface area contributed by atoms with Crippen LogP contribution in [0.5, 0.6) is 5.75 Å². The van der Waals surface area contributed by atoms with Gasteiger partial charge in [0.1, 0.15) is 5.75 Å². The first-order valence-electron chi connectivity index (χ1n) is 7.94. The maximum atomic E-state index is 12.7. The number of imide groups is 1. The Bertz CT molecular complexity index is 899. The van der Waals surface area contributed by atoms with Crippen LogP contribution in [0.1, 0.15) is 22.3 Å². The molecule has 2 aromatic rings. The predicted molar refractivity (Wildman–Crippen MR) is 95.9 cm³/mol. The van der Waals surface area contributed by atoms with Gasteiger partial charge in [-0.1, -0.05) is 18.2 Å². The second-order valence-corrected chi connectivity index (χ2v) is 5.70. The number of methoxy groups -OCH3 is 2. The third kappa shape index (κ3) is 3.35. The molecule has 0 bridgehead atoms. The van der Waals surface area contributed by atoms with Crippen LogP contribution in [0.3, 0.4) is 0 Å². The molecule has 6 nitrogen and oxygen atoms in total. The summed E-state index contributed by atoms with van der Waals surface area (Å²) in [5.41, 5.74) is 2.01. The quantitative estimate of drug-likeness (QED) is 0.481. The minimum atomic E-state index is -0.430. The Hall–Kier alpha value is -3.41. The third-order valence-electron chi connectivity index (χ3n) is 4.05. The molecule has 3 rings (SSSR count). The molecule has 6 heteroatoms. The molecule has 132 valence electrons. The summed E-state index contributed by atoms with van der Waals surface area (Å²) in [6.45, 7) is 0. The molecule has 0 N–H and O–H groups in total. The maximum Gasteiger partial charge on any atom is 0.337 e. The summed E-state index contributed by atoms with van der Waals surface area (Å²) in [6.07, 6.45) is 1.68. The fourth-order valence-corrected chi connectivity index (χ4v) is 2.73. The van der Waals surface area contributed by atoms with Crippen LogP contribution in [0.15, 0.2) is 54.1 Å². The Morgan fingerprint density at radius 3 is 2.46 bits per heavy atom. The van der Waals surface area contributed by atoms with Crippen LogP contribution in [0.2, 0.25) is 0 Å². The van der Waals surface area contributed by atoms with Crippen molar-refractivity contribution < 1.29 is 23.9 Å². The van der Waals surface area contributed by atoms with Crippen LogP contribution in [0.4, 0.5) is 5.69 Å². The topological polar surface area (TPSA) is 72.9 Å². The molecule has 0 spiro atoms. The second-order valence-electron chi connectivity index (χ2n) is 5.70. The van der Waals surface area contributed by atoms with Crippen molar-refractivity contribution in [3.05, 3.63) is 65.2 Å². The lowest BCUT2D eigenvalue weighted by Crippen LogP contribution is -2.28. The van der Waals surface area contributed by atoms with Crippen LogP contribution in [-0.4, -0.2) is 32.0 Å². The van der Waals surface area contributed by atoms with E-state index in [9.17, 15) is 14.4 Å². The number of anilines is 1. The van der Waals surface area contributed by atoms with E-state index >= 15 is 0 Å². The zero-order valence-corrected chi connectivity index (χ0v) is 14.4. The smallest absolute Gasteiger partial charge is 0.337 e. The Morgan fingerprint density at radius 2 is 1.81 bits per heavy atom. The highest BCUT2D eigenvalue weighted by molar-refractivity contribution is 6.29. The number of hydrogen-bond donors (Lipinski definition) is 0. The number of carbonyl (C=O) groups is 3. The van der Waals surface area contributed by atoms with Gasteiger partial charge >= 0.3 is 5.97 Å². The van der Waals surface area contributed by atoms with Crippen molar-refractivity contribution in [3.63, 3.8) is 0 Å². The van der Waals surface area contributed by atoms with Gasteiger partial charge < -0.3 is 9.47 Å². The molecule has 1 saturated heterocycles. The van der Waals surface area contributed by atoms with E-state index < -0.39 is 5.97 Å². The number of hydrogen-bond acceptors (Lipinski definition) is 5. The average molecular weight is 351 g/mol. The van der Waals surface area contributed by atoms with E-state index in [4.69, 9.17) is 4.74 Å². The zero-order chi connectivity index (χ0) is 18.7. The molecule has 1 aliphatic heterocycles. The molecule has 1 aliphatic rings. The monoisotopic (exact) mass is 351 g/mol. The molecule has 1 heterocycles. The summed E-state index contributed by atoms with van der Waals surface area (Å²) < 4.78 is 9.80. The summed E-state index contributed by atoms with van der Waals surface area (Å²) in [5.74, 6) is -0.513. The van der Waals surface area contributed by atoms with Crippen LogP contribution in [-0.2, 0) is 14.3 Å². The van der Waals surface area contributed by atoms with Crippen molar-refractivity contribution in [1.29, 1.82) is 0 Å². The summed E-state index contributed by atoms with van der Waals surface area (Å²) in [4.78, 5) is 37.6. The molecule has 2 amide bonds. The number of rotatable bonds is 4. The number of ether oxygens (including phenoxy) is 2. The highest BCUT2D eigenvalue weighted by Crippen LogP contribution is 2.29. The van der Waals surface area contributed by atoms with E-state index in [0.717, 1.165) is 10.5 Å². The Balaban J connectivity index is 1.86. The normalized spacial score (nSPS) is 15.5. The minimum Gasteiger partial charge on any atom is -0.497 e. The average Bonchev–Trinajstić information content (AvgIpc) is 2.95. The predicted octanol–water partition coefficient (Wildman–Crippen LogP) is 2.83. The van der Waals surface area contributed by atoms with E-state index in [1.54, 1.807) is 54.6 Å². The molecular weight excluding hydrogens is 334 g/mol. The summed E-state index contributed by atoms with van der Waals surface area (Å²) in [5, 5.41) is 0. The van der Waals surface area contributed by atoms with E-state index in [-0.39, 0.29) is 18.2 Å². The van der Waals surface area contributed by atoms with Crippen LogP contribution < -0.4 is 9.64 Å². The minimum absolute atomic E-state index is 0.0226. The zero-order valence-electron chi connectivity index (χ0n) is 14.4. The van der Waals surface area contributed by atoms with Crippen LogP contribution in [0.25, 0.3) is 6.08 Å². The van der Waals surface area contributed by atoms with Gasteiger partial charge in [-0.2, -0.15) is 0 Å². The summed E-state index contributed by atoms with van der Waals surface area (Å²) in [7, 11) is 2.84. The number of nitrogens with zero attached hydrogens (tertiary/aromatic N) is 1. The fraction of sp³-hybridized carbons (Fsp3) is 0.150. The van der Waals surface area contributed by atoms with Gasteiger partial charge in [-0.3, -0.25) is 9.59 Å². The largest absolute Gasteiger partial charge is 0.497 e. The van der Waals surface area contributed by atoms with Gasteiger partial charge in [-0.15, -0.1) is 0 Å². The van der Waals surface area contributed by atoms with Crippen LogP contribution >= 0.6 is 0 Å². The molecule has 0 unspecified atom stereocenters. The van der Waals surface area contributed by atoms with Crippen molar-refractivity contribution in [3.8, 4) is 5.75 Å². The summed E-state index contributed by atoms with van der Waals surface area (Å²) >= 11 is 0. The molecule has 0 aliphatic carbocycles. The number of esters is 1. The molecule has 2 aromatic carbocycles. The highest BCUT2D eigenvalue weighted by atomic mass is 16.5. The Kier molecular flexibility index (Phi) is 4.84. The highest BCUT2D eigenvalue weighted by Gasteiger charge is 2.35. The first-order valence-corrected chi connectivity index (χ1v) is 7.94. The number of amides is 2. The molecule has 1 fully saturated rings. The standard InChI is InChI=1S/C20H17NO5/c1-25-17-5-3-4-16(12-17)21-18(22)11-15(19(21)23)10-13-6-8-14(9-7-13)20(24)26-2/h3-10,12H,11H2,1-2H3. The Morgan fingerprint density at radius 1 is 1.08 bits per heavy atom. The first-order chi connectivity index (χ1) is 12.5. The van der Waals surface area contributed by atoms with Gasteiger partial charge in [-0.05, 0) is 35.9 Å². The van der Waals surface area contributed by atoms with Crippen molar-refractivity contribution in [2.24, 2.45) is 0 Å². The van der Waals surface area contributed by atoms with Gasteiger partial charge in [0.15, 0.2) is 0 Å². The second kappa shape index (κ2) is 7.23. The van der Waals surface area contributed by atoms with Crippen molar-refractivity contribution in [2.45, 2.75) is 6.42 Å². The maximum absolute atomic E-state index is 12.7. The molecular formula is C20H17NO5. The van der Waals surface area contributed by atoms with E-state index in [1.807, 2.05) is 0 Å². The number of benzene rings is 2. The molecule has 26 heavy (non-hydrogen) atoms. The first kappa shape index (κ1) is 17.4. The van der Waals surface area contributed by atoms with Gasteiger partial charge in [0.25, 0.3) is 5.91 Å². The molecule has 0 atom stereocenters. The van der Waals surface area contributed by atoms with Gasteiger partial charge in [0.05, 0.1) is 31.9 Å². The van der Waals surface area contributed by atoms with Gasteiger partial charge in [0.2, 0.25) is 5.91 Å². The van der Waals surface area contributed by atoms with Crippen LogP contribution in [0, 0.1) is 0 Å². The summed E-state index contributed by atoms with van der Waals surface area (Å²) in [6, 6.07) is 13.4. The third-order valence-corrected chi connectivity index (χ3v) is 4.05. The number of carbonyl (C=O) groups excluding carboxylic acids is 3. The lowest BCUT2D eigenvalue weighted by atomic mass is 10.1. The lowest BCUT2D eigenvalue weighted by Gasteiger charge is -2.14. The van der Waals surface area contributed by atoms with Gasteiger partial charge in [0, 0.05) is 11.6 Å². The van der Waals surface area contributed by atoms with Crippen molar-refractivity contribution in [2.75, 3.05) is 19.1 Å². The van der Waals surface area contributed by atoms with E-state index in [1.165, 1.54) is 14.2 Å². The van der Waals surface area contributed by atoms with E-state index in [2.05, 4.69) is 4.74 Å². The lowest BCUT2D eigenvalue weighted by molar-refractivity contribution is -0.120. The van der Waals surface area contributed by atoms with Crippen molar-refractivity contribution >= 4 is 29.5 Å².